The Morgan fingerprint density at radius 2 is 2.40 bits per heavy atom. The summed E-state index contributed by atoms with van der Waals surface area (Å²) in [6.45, 7) is 0.614. The molecule has 1 aromatic rings. The van der Waals surface area contributed by atoms with Crippen LogP contribution in [0.15, 0.2) is 22.8 Å². The van der Waals surface area contributed by atoms with Gasteiger partial charge in [-0.25, -0.2) is 0 Å². The highest BCUT2D eigenvalue weighted by atomic mass is 35.5. The van der Waals surface area contributed by atoms with E-state index in [1.54, 1.807) is 18.4 Å². The van der Waals surface area contributed by atoms with Gasteiger partial charge in [0.2, 0.25) is 0 Å². The number of carbonyl (C=O) groups is 1. The van der Waals surface area contributed by atoms with Gasteiger partial charge in [-0.3, -0.25) is 4.79 Å². The lowest BCUT2D eigenvalue weighted by molar-refractivity contribution is -0.129. The monoisotopic (exact) mass is 249 g/mol. The molecular formula is C9H9Cl2NO3. The minimum absolute atomic E-state index is 0.195. The molecular weight excluding hydrogens is 241 g/mol. The number of amides is 1. The Hall–Kier alpha value is -0.710. The van der Waals surface area contributed by atoms with Gasteiger partial charge in [-0.1, -0.05) is 23.2 Å². The minimum atomic E-state index is -1.04. The van der Waals surface area contributed by atoms with E-state index in [9.17, 15) is 4.79 Å². The lowest BCUT2D eigenvalue weighted by Gasteiger charge is -2.13. The Bertz CT molecular complexity index is 339. The summed E-state index contributed by atoms with van der Waals surface area (Å²) in [5, 5.41) is 0. The van der Waals surface area contributed by atoms with E-state index < -0.39 is 4.84 Å². The predicted molar refractivity (Wildman–Crippen MR) is 54.6 cm³/mol. The van der Waals surface area contributed by atoms with Crippen LogP contribution in [0.2, 0.25) is 0 Å². The summed E-state index contributed by atoms with van der Waals surface area (Å²) in [4.78, 5) is 11.8. The first-order valence-corrected chi connectivity index (χ1v) is 5.27. The lowest BCUT2D eigenvalue weighted by atomic mass is 10.3. The van der Waals surface area contributed by atoms with E-state index in [-0.39, 0.29) is 18.7 Å². The summed E-state index contributed by atoms with van der Waals surface area (Å²) in [6.07, 6.45) is 1.34. The Labute approximate surface area is 96.7 Å². The first kappa shape index (κ1) is 10.8. The first-order valence-electron chi connectivity index (χ1n) is 4.40. The van der Waals surface area contributed by atoms with Crippen LogP contribution in [0, 0.1) is 0 Å². The predicted octanol–water partition coefficient (Wildman–Crippen LogP) is 1.94. The quantitative estimate of drug-likeness (QED) is 0.753. The zero-order chi connectivity index (χ0) is 10.8. The number of furan rings is 1. The maximum Gasteiger partial charge on any atom is 0.257 e. The third kappa shape index (κ3) is 2.27. The van der Waals surface area contributed by atoms with Gasteiger partial charge < -0.3 is 14.1 Å². The molecule has 1 aliphatic heterocycles. The fourth-order valence-electron chi connectivity index (χ4n) is 1.42. The van der Waals surface area contributed by atoms with Crippen LogP contribution in [0.1, 0.15) is 11.9 Å². The highest BCUT2D eigenvalue weighted by Crippen LogP contribution is 2.25. The molecule has 4 nitrogen and oxygen atoms in total. The van der Waals surface area contributed by atoms with Crippen LogP contribution in [-0.4, -0.2) is 28.9 Å². The molecule has 1 aliphatic rings. The summed E-state index contributed by atoms with van der Waals surface area (Å²) in [5.41, 5.74) is 0. The average molecular weight is 250 g/mol. The van der Waals surface area contributed by atoms with E-state index in [1.807, 2.05) is 0 Å². The molecule has 1 saturated heterocycles. The molecule has 6 heteroatoms. The fraction of sp³-hybridized carbons (Fsp3) is 0.444. The van der Waals surface area contributed by atoms with Gasteiger partial charge in [0.05, 0.1) is 12.8 Å². The standard InChI is InChI=1S/C9H9Cl2NO3/c10-8(11)9(13)12-4-7(15-5-12)6-2-1-3-14-6/h1-3,7-8H,4-5H2. The molecule has 0 spiro atoms. The third-order valence-electron chi connectivity index (χ3n) is 2.18. The highest BCUT2D eigenvalue weighted by Gasteiger charge is 2.31. The van der Waals surface area contributed by atoms with Crippen LogP contribution in [0.4, 0.5) is 0 Å². The second-order valence-electron chi connectivity index (χ2n) is 3.16. The second kappa shape index (κ2) is 4.43. The van der Waals surface area contributed by atoms with Gasteiger partial charge in [-0.05, 0) is 12.1 Å². The number of alkyl halides is 2. The molecule has 2 rings (SSSR count). The summed E-state index contributed by atoms with van der Waals surface area (Å²) in [7, 11) is 0. The van der Waals surface area contributed by atoms with Crippen LogP contribution in [0.3, 0.4) is 0 Å². The molecule has 1 amide bonds. The maximum atomic E-state index is 11.4. The molecule has 1 fully saturated rings. The van der Waals surface area contributed by atoms with Crippen molar-refractivity contribution in [2.24, 2.45) is 0 Å². The van der Waals surface area contributed by atoms with Crippen LogP contribution >= 0.6 is 23.2 Å². The largest absolute Gasteiger partial charge is 0.467 e. The van der Waals surface area contributed by atoms with E-state index in [0.717, 1.165) is 0 Å². The normalized spacial score (nSPS) is 21.3. The van der Waals surface area contributed by atoms with Gasteiger partial charge in [0.1, 0.15) is 18.6 Å². The number of hydrogen-bond acceptors (Lipinski definition) is 3. The van der Waals surface area contributed by atoms with Gasteiger partial charge in [-0.2, -0.15) is 0 Å². The summed E-state index contributed by atoms with van der Waals surface area (Å²) in [6, 6.07) is 3.58. The summed E-state index contributed by atoms with van der Waals surface area (Å²) >= 11 is 11.0. The number of carbonyl (C=O) groups excluding carboxylic acids is 1. The zero-order valence-corrected chi connectivity index (χ0v) is 9.24. The molecule has 0 N–H and O–H groups in total. The van der Waals surface area contributed by atoms with Gasteiger partial charge in [0, 0.05) is 0 Å². The molecule has 0 aromatic carbocycles. The smallest absolute Gasteiger partial charge is 0.257 e. The zero-order valence-electron chi connectivity index (χ0n) is 7.73. The molecule has 0 bridgehead atoms. The van der Waals surface area contributed by atoms with Gasteiger partial charge in [0.15, 0.2) is 4.84 Å². The summed E-state index contributed by atoms with van der Waals surface area (Å²) in [5.74, 6) is 0.360. The molecule has 1 aromatic heterocycles. The Morgan fingerprint density at radius 3 is 3.00 bits per heavy atom. The van der Waals surface area contributed by atoms with E-state index in [0.29, 0.717) is 12.3 Å². The van der Waals surface area contributed by atoms with E-state index in [1.165, 1.54) is 4.90 Å². The first-order chi connectivity index (χ1) is 7.18. The minimum Gasteiger partial charge on any atom is -0.467 e. The molecule has 0 saturated carbocycles. The van der Waals surface area contributed by atoms with E-state index in [4.69, 9.17) is 32.4 Å². The van der Waals surface area contributed by atoms with Gasteiger partial charge in [-0.15, -0.1) is 0 Å². The van der Waals surface area contributed by atoms with Gasteiger partial charge >= 0.3 is 0 Å². The molecule has 1 atom stereocenters. The topological polar surface area (TPSA) is 42.7 Å². The van der Waals surface area contributed by atoms with Crippen molar-refractivity contribution in [1.82, 2.24) is 4.90 Å². The molecule has 0 radical (unpaired) electrons. The SMILES string of the molecule is O=C(C(Cl)Cl)N1COC(c2ccco2)C1. The number of hydrogen-bond donors (Lipinski definition) is 0. The summed E-state index contributed by atoms with van der Waals surface area (Å²) < 4.78 is 10.6. The van der Waals surface area contributed by atoms with Crippen LogP contribution < -0.4 is 0 Å². The van der Waals surface area contributed by atoms with Crippen LogP contribution in [-0.2, 0) is 9.53 Å². The maximum absolute atomic E-state index is 11.4. The molecule has 0 aliphatic carbocycles. The Balaban J connectivity index is 1.98. The molecule has 82 valence electrons. The fourth-order valence-corrected chi connectivity index (χ4v) is 1.70. The highest BCUT2D eigenvalue weighted by molar-refractivity contribution is 6.53. The Morgan fingerprint density at radius 1 is 1.60 bits per heavy atom. The number of rotatable bonds is 2. The van der Waals surface area contributed by atoms with Crippen LogP contribution in [0.25, 0.3) is 0 Å². The average Bonchev–Trinajstić information content (AvgIpc) is 2.86. The molecule has 15 heavy (non-hydrogen) atoms. The van der Waals surface area contributed by atoms with Gasteiger partial charge in [0.25, 0.3) is 5.91 Å². The third-order valence-corrected chi connectivity index (χ3v) is 2.55. The second-order valence-corrected chi connectivity index (χ2v) is 4.26. The van der Waals surface area contributed by atoms with Crippen molar-refractivity contribution in [2.75, 3.05) is 13.3 Å². The number of halogens is 2. The van der Waals surface area contributed by atoms with Crippen molar-refractivity contribution in [3.8, 4) is 0 Å². The number of ether oxygens (including phenoxy) is 1. The number of nitrogens with zero attached hydrogens (tertiary/aromatic N) is 1. The van der Waals surface area contributed by atoms with E-state index >= 15 is 0 Å². The van der Waals surface area contributed by atoms with Crippen molar-refractivity contribution in [1.29, 1.82) is 0 Å². The van der Waals surface area contributed by atoms with Crippen molar-refractivity contribution < 1.29 is 13.9 Å². The van der Waals surface area contributed by atoms with Crippen molar-refractivity contribution in [2.45, 2.75) is 10.9 Å². The van der Waals surface area contributed by atoms with Crippen molar-refractivity contribution in [3.63, 3.8) is 0 Å². The van der Waals surface area contributed by atoms with Crippen molar-refractivity contribution in [3.05, 3.63) is 24.2 Å². The lowest BCUT2D eigenvalue weighted by Crippen LogP contribution is -2.32. The van der Waals surface area contributed by atoms with E-state index in [2.05, 4.69) is 0 Å². The van der Waals surface area contributed by atoms with Crippen LogP contribution in [0.5, 0.6) is 0 Å². The molecule has 2 heterocycles. The molecule has 1 unspecified atom stereocenters. The van der Waals surface area contributed by atoms with Crippen molar-refractivity contribution >= 4 is 29.1 Å². The Kier molecular flexibility index (Phi) is 3.19.